The fraction of sp³-hybridized carbons (Fsp3) is 0.300. The molecule has 27 heavy (non-hydrogen) atoms. The van der Waals surface area contributed by atoms with E-state index in [1.54, 1.807) is 46.2 Å². The fourth-order valence-corrected chi connectivity index (χ4v) is 3.06. The van der Waals surface area contributed by atoms with Crippen molar-refractivity contribution in [3.8, 4) is 5.75 Å². The first kappa shape index (κ1) is 20.6. The van der Waals surface area contributed by atoms with Crippen LogP contribution in [0.25, 0.3) is 0 Å². The molecule has 0 atom stereocenters. The number of carbonyl (C=O) groups excluding carboxylic acids is 2. The second kappa shape index (κ2) is 9.28. The monoisotopic (exact) mass is 389 g/mol. The Morgan fingerprint density at radius 2 is 1.59 bits per heavy atom. The van der Waals surface area contributed by atoms with Gasteiger partial charge in [0.1, 0.15) is 5.75 Å². The molecule has 1 aliphatic heterocycles. The number of carbonyl (C=O) groups is 2. The van der Waals surface area contributed by atoms with Gasteiger partial charge < -0.3 is 20.3 Å². The van der Waals surface area contributed by atoms with Crippen LogP contribution in [0.15, 0.2) is 48.5 Å². The predicted octanol–water partition coefficient (Wildman–Crippen LogP) is 2.69. The molecule has 2 amide bonds. The molecule has 2 N–H and O–H groups in total. The maximum atomic E-state index is 12.8. The van der Waals surface area contributed by atoms with Crippen LogP contribution >= 0.6 is 12.4 Å². The van der Waals surface area contributed by atoms with Crippen molar-refractivity contribution in [1.82, 2.24) is 9.80 Å². The van der Waals surface area contributed by atoms with E-state index in [2.05, 4.69) is 0 Å². The van der Waals surface area contributed by atoms with E-state index >= 15 is 0 Å². The van der Waals surface area contributed by atoms with Gasteiger partial charge in [-0.05, 0) is 37.3 Å². The van der Waals surface area contributed by atoms with E-state index in [4.69, 9.17) is 10.5 Å². The average molecular weight is 390 g/mol. The topological polar surface area (TPSA) is 75.9 Å². The van der Waals surface area contributed by atoms with Gasteiger partial charge in [0.2, 0.25) is 0 Å². The molecule has 1 aliphatic rings. The van der Waals surface area contributed by atoms with Crippen molar-refractivity contribution in [1.29, 1.82) is 0 Å². The molecule has 3 rings (SSSR count). The zero-order valence-corrected chi connectivity index (χ0v) is 16.1. The molecular formula is C20H24ClN3O3. The molecule has 0 saturated carbocycles. The third kappa shape index (κ3) is 4.71. The highest BCUT2D eigenvalue weighted by Gasteiger charge is 2.26. The zero-order chi connectivity index (χ0) is 18.5. The number of benzene rings is 2. The van der Waals surface area contributed by atoms with Crippen molar-refractivity contribution in [2.45, 2.75) is 6.92 Å². The Labute approximate surface area is 165 Å². The molecule has 1 fully saturated rings. The van der Waals surface area contributed by atoms with E-state index in [-0.39, 0.29) is 24.2 Å². The molecule has 0 radical (unpaired) electrons. The molecule has 6 nitrogen and oxygen atoms in total. The highest BCUT2D eigenvalue weighted by Crippen LogP contribution is 2.21. The van der Waals surface area contributed by atoms with Gasteiger partial charge in [0, 0.05) is 37.4 Å². The molecule has 1 heterocycles. The van der Waals surface area contributed by atoms with Gasteiger partial charge in [-0.25, -0.2) is 0 Å². The number of nitrogens with two attached hydrogens (primary N) is 1. The Morgan fingerprint density at radius 1 is 0.963 bits per heavy atom. The first-order valence-corrected chi connectivity index (χ1v) is 8.76. The van der Waals surface area contributed by atoms with Crippen LogP contribution < -0.4 is 10.5 Å². The SMILES string of the molecule is CCOc1ccccc1C(=O)N1CCN(C(=O)c2cccc(N)c2)CC1.Cl. The smallest absolute Gasteiger partial charge is 0.257 e. The zero-order valence-electron chi connectivity index (χ0n) is 15.3. The van der Waals surface area contributed by atoms with Gasteiger partial charge in [-0.1, -0.05) is 18.2 Å². The third-order valence-electron chi connectivity index (χ3n) is 4.40. The van der Waals surface area contributed by atoms with E-state index in [9.17, 15) is 9.59 Å². The lowest BCUT2D eigenvalue weighted by Gasteiger charge is -2.35. The summed E-state index contributed by atoms with van der Waals surface area (Å²) in [4.78, 5) is 28.9. The summed E-state index contributed by atoms with van der Waals surface area (Å²) in [7, 11) is 0. The quantitative estimate of drug-likeness (QED) is 0.816. The lowest BCUT2D eigenvalue weighted by Crippen LogP contribution is -2.50. The summed E-state index contributed by atoms with van der Waals surface area (Å²) >= 11 is 0. The number of ether oxygens (including phenoxy) is 1. The Kier molecular flexibility index (Phi) is 7.07. The van der Waals surface area contributed by atoms with Crippen LogP contribution in [0, 0.1) is 0 Å². The molecular weight excluding hydrogens is 366 g/mol. The number of rotatable bonds is 4. The van der Waals surface area contributed by atoms with E-state index in [1.807, 2.05) is 19.1 Å². The highest BCUT2D eigenvalue weighted by molar-refractivity contribution is 5.98. The van der Waals surface area contributed by atoms with Crippen molar-refractivity contribution in [2.75, 3.05) is 38.5 Å². The fourth-order valence-electron chi connectivity index (χ4n) is 3.06. The van der Waals surface area contributed by atoms with Crippen molar-refractivity contribution in [2.24, 2.45) is 0 Å². The Hall–Kier alpha value is -2.73. The predicted molar refractivity (Wildman–Crippen MR) is 108 cm³/mol. The minimum Gasteiger partial charge on any atom is -0.493 e. The standard InChI is InChI=1S/C20H23N3O3.ClH/c1-2-26-18-9-4-3-8-17(18)20(25)23-12-10-22(11-13-23)19(24)15-6-5-7-16(21)14-15;/h3-9,14H,2,10-13,21H2,1H3;1H. The van der Waals surface area contributed by atoms with Crippen LogP contribution in [0.3, 0.4) is 0 Å². The molecule has 144 valence electrons. The van der Waals surface area contributed by atoms with Gasteiger partial charge in [-0.2, -0.15) is 0 Å². The Balaban J connectivity index is 0.00000261. The van der Waals surface area contributed by atoms with Gasteiger partial charge in [0.25, 0.3) is 11.8 Å². The largest absolute Gasteiger partial charge is 0.493 e. The van der Waals surface area contributed by atoms with Gasteiger partial charge in [0.05, 0.1) is 12.2 Å². The van der Waals surface area contributed by atoms with Gasteiger partial charge in [-0.15, -0.1) is 12.4 Å². The van der Waals surface area contributed by atoms with Crippen LogP contribution in [0.5, 0.6) is 5.75 Å². The number of nitrogens with zero attached hydrogens (tertiary/aromatic N) is 2. The van der Waals surface area contributed by atoms with Crippen LogP contribution in [0.4, 0.5) is 5.69 Å². The van der Waals surface area contributed by atoms with Crippen molar-refractivity contribution < 1.29 is 14.3 Å². The minimum absolute atomic E-state index is 0. The number of hydrogen-bond donors (Lipinski definition) is 1. The number of anilines is 1. The maximum absolute atomic E-state index is 12.8. The summed E-state index contributed by atoms with van der Waals surface area (Å²) in [5, 5.41) is 0. The average Bonchev–Trinajstić information content (AvgIpc) is 2.68. The van der Waals surface area contributed by atoms with Crippen LogP contribution in [0.1, 0.15) is 27.6 Å². The maximum Gasteiger partial charge on any atom is 0.257 e. The Morgan fingerprint density at radius 3 is 2.22 bits per heavy atom. The summed E-state index contributed by atoms with van der Waals surface area (Å²) in [6.07, 6.45) is 0. The second-order valence-corrected chi connectivity index (χ2v) is 6.14. The van der Waals surface area contributed by atoms with Crippen molar-refractivity contribution in [3.63, 3.8) is 0 Å². The molecule has 0 aromatic heterocycles. The molecule has 0 unspecified atom stereocenters. The van der Waals surface area contributed by atoms with E-state index in [0.29, 0.717) is 55.3 Å². The van der Waals surface area contributed by atoms with Crippen LogP contribution in [-0.4, -0.2) is 54.4 Å². The third-order valence-corrected chi connectivity index (χ3v) is 4.40. The molecule has 0 aliphatic carbocycles. The molecule has 0 bridgehead atoms. The molecule has 1 saturated heterocycles. The lowest BCUT2D eigenvalue weighted by atomic mass is 10.1. The van der Waals surface area contributed by atoms with Gasteiger partial charge in [-0.3, -0.25) is 9.59 Å². The summed E-state index contributed by atoms with van der Waals surface area (Å²) in [5.41, 5.74) is 7.46. The number of nitrogen functional groups attached to an aromatic ring is 1. The summed E-state index contributed by atoms with van der Waals surface area (Å²) in [5.74, 6) is 0.475. The summed E-state index contributed by atoms with van der Waals surface area (Å²) in [6.45, 7) is 4.38. The van der Waals surface area contributed by atoms with Crippen LogP contribution in [0.2, 0.25) is 0 Å². The van der Waals surface area contributed by atoms with Crippen LogP contribution in [-0.2, 0) is 0 Å². The first-order valence-electron chi connectivity index (χ1n) is 8.76. The van der Waals surface area contributed by atoms with E-state index in [1.165, 1.54) is 0 Å². The van der Waals surface area contributed by atoms with E-state index < -0.39 is 0 Å². The molecule has 0 spiro atoms. The number of halogens is 1. The number of hydrogen-bond acceptors (Lipinski definition) is 4. The summed E-state index contributed by atoms with van der Waals surface area (Å²) < 4.78 is 5.55. The van der Waals surface area contributed by atoms with Gasteiger partial charge >= 0.3 is 0 Å². The number of para-hydroxylation sites is 1. The molecule has 7 heteroatoms. The number of piperazine rings is 1. The van der Waals surface area contributed by atoms with Crippen molar-refractivity contribution in [3.05, 3.63) is 59.7 Å². The summed E-state index contributed by atoms with van der Waals surface area (Å²) in [6, 6.07) is 14.2. The van der Waals surface area contributed by atoms with E-state index in [0.717, 1.165) is 0 Å². The molecule has 2 aromatic rings. The normalized spacial score (nSPS) is 13.7. The number of amides is 2. The Bertz CT molecular complexity index is 805. The van der Waals surface area contributed by atoms with Crippen molar-refractivity contribution >= 4 is 29.9 Å². The lowest BCUT2D eigenvalue weighted by molar-refractivity contribution is 0.0533. The minimum atomic E-state index is -0.0647. The van der Waals surface area contributed by atoms with Gasteiger partial charge in [0.15, 0.2) is 0 Å². The highest BCUT2D eigenvalue weighted by atomic mass is 35.5. The first-order chi connectivity index (χ1) is 12.6. The second-order valence-electron chi connectivity index (χ2n) is 6.14. The molecule has 2 aromatic carbocycles.